The number of halogens is 1. The quantitative estimate of drug-likeness (QED) is 0.354. The molecule has 2 aromatic rings. The van der Waals surface area contributed by atoms with Crippen LogP contribution in [0.15, 0.2) is 60.2 Å². The van der Waals surface area contributed by atoms with E-state index in [9.17, 15) is 9.59 Å². The van der Waals surface area contributed by atoms with Gasteiger partial charge in [0, 0.05) is 16.3 Å². The van der Waals surface area contributed by atoms with E-state index in [2.05, 4.69) is 22.4 Å². The summed E-state index contributed by atoms with van der Waals surface area (Å²) < 4.78 is 5.48. The first kappa shape index (κ1) is 19.2. The molecule has 0 radical (unpaired) electrons. The lowest BCUT2D eigenvalue weighted by atomic mass is 10.2. The molecule has 2 amide bonds. The lowest BCUT2D eigenvalue weighted by molar-refractivity contribution is -0.136. The Hall–Kier alpha value is -3.12. The highest BCUT2D eigenvalue weighted by Gasteiger charge is 2.13. The molecule has 2 aromatic carbocycles. The highest BCUT2D eigenvalue weighted by Crippen LogP contribution is 2.21. The number of ether oxygens (including phenoxy) is 1. The lowest BCUT2D eigenvalue weighted by Crippen LogP contribution is -2.32. The first-order chi connectivity index (χ1) is 12.5. The molecular formula is C19H18ClN3O3. The van der Waals surface area contributed by atoms with Gasteiger partial charge in [-0.25, -0.2) is 5.43 Å². The van der Waals surface area contributed by atoms with E-state index in [4.69, 9.17) is 16.3 Å². The molecule has 7 heteroatoms. The van der Waals surface area contributed by atoms with Crippen LogP contribution in [0, 0.1) is 6.92 Å². The molecule has 0 fully saturated rings. The normalized spacial score (nSPS) is 10.4. The maximum Gasteiger partial charge on any atom is 0.329 e. The molecule has 0 spiro atoms. The van der Waals surface area contributed by atoms with E-state index in [1.54, 1.807) is 36.4 Å². The van der Waals surface area contributed by atoms with Crippen molar-refractivity contribution < 1.29 is 14.3 Å². The predicted molar refractivity (Wildman–Crippen MR) is 103 cm³/mol. The van der Waals surface area contributed by atoms with E-state index in [1.165, 1.54) is 6.21 Å². The van der Waals surface area contributed by atoms with Crippen LogP contribution in [0.4, 0.5) is 5.69 Å². The van der Waals surface area contributed by atoms with Crippen LogP contribution < -0.4 is 15.5 Å². The second-order valence-electron chi connectivity index (χ2n) is 5.25. The van der Waals surface area contributed by atoms with E-state index < -0.39 is 11.8 Å². The molecule has 134 valence electrons. The Morgan fingerprint density at radius 1 is 1.23 bits per heavy atom. The first-order valence-electron chi connectivity index (χ1n) is 7.74. The van der Waals surface area contributed by atoms with Crippen molar-refractivity contribution in [1.29, 1.82) is 0 Å². The standard InChI is InChI=1S/C19H18ClN3O3/c1-3-10-26-17-9-8-15(20)11-14(17)12-21-23-19(25)18(24)22-16-7-5-4-6-13(16)2/h3-9,11-12H,1,10H2,2H3,(H,22,24)(H,23,25)/b21-12-. The fraction of sp³-hybridized carbons (Fsp3) is 0.105. The fourth-order valence-corrected chi connectivity index (χ4v) is 2.18. The summed E-state index contributed by atoms with van der Waals surface area (Å²) in [5.41, 5.74) is 4.14. The molecule has 2 N–H and O–H groups in total. The van der Waals surface area contributed by atoms with E-state index in [-0.39, 0.29) is 0 Å². The summed E-state index contributed by atoms with van der Waals surface area (Å²) in [6, 6.07) is 12.1. The van der Waals surface area contributed by atoms with Gasteiger partial charge in [0.25, 0.3) is 0 Å². The molecule has 0 saturated heterocycles. The van der Waals surface area contributed by atoms with Crippen molar-refractivity contribution in [3.05, 3.63) is 71.3 Å². The molecule has 26 heavy (non-hydrogen) atoms. The summed E-state index contributed by atoms with van der Waals surface area (Å²) >= 11 is 5.96. The Labute approximate surface area is 156 Å². The van der Waals surface area contributed by atoms with Crippen LogP contribution in [0.3, 0.4) is 0 Å². The van der Waals surface area contributed by atoms with Gasteiger partial charge < -0.3 is 10.1 Å². The predicted octanol–water partition coefficient (Wildman–Crippen LogP) is 3.30. The molecule has 0 saturated carbocycles. The van der Waals surface area contributed by atoms with Crippen LogP contribution in [0.2, 0.25) is 5.02 Å². The zero-order chi connectivity index (χ0) is 18.9. The maximum absolute atomic E-state index is 11.9. The summed E-state index contributed by atoms with van der Waals surface area (Å²) in [6.45, 7) is 5.72. The number of nitrogens with zero attached hydrogens (tertiary/aromatic N) is 1. The highest BCUT2D eigenvalue weighted by molar-refractivity contribution is 6.39. The zero-order valence-corrected chi connectivity index (χ0v) is 14.9. The summed E-state index contributed by atoms with van der Waals surface area (Å²) in [6.07, 6.45) is 2.95. The van der Waals surface area contributed by atoms with Crippen molar-refractivity contribution in [1.82, 2.24) is 5.43 Å². The van der Waals surface area contributed by atoms with Crippen LogP contribution in [0.5, 0.6) is 5.75 Å². The molecule has 0 aliphatic rings. The Morgan fingerprint density at radius 3 is 2.73 bits per heavy atom. The number of aryl methyl sites for hydroxylation is 1. The Balaban J connectivity index is 2.00. The lowest BCUT2D eigenvalue weighted by Gasteiger charge is -2.08. The maximum atomic E-state index is 11.9. The number of carbonyl (C=O) groups is 2. The minimum atomic E-state index is -0.889. The Bertz CT molecular complexity index is 850. The van der Waals surface area contributed by atoms with Gasteiger partial charge >= 0.3 is 11.8 Å². The second kappa shape index (κ2) is 9.39. The van der Waals surface area contributed by atoms with Crippen molar-refractivity contribution in [3.8, 4) is 5.75 Å². The molecule has 0 atom stereocenters. The fourth-order valence-electron chi connectivity index (χ4n) is 2.00. The average Bonchev–Trinajstić information content (AvgIpc) is 2.62. The largest absolute Gasteiger partial charge is 0.489 e. The van der Waals surface area contributed by atoms with Gasteiger partial charge in [-0.2, -0.15) is 5.10 Å². The number of carbonyl (C=O) groups excluding carboxylic acids is 2. The topological polar surface area (TPSA) is 79.8 Å². The monoisotopic (exact) mass is 371 g/mol. The number of hydrazone groups is 1. The Morgan fingerprint density at radius 2 is 2.00 bits per heavy atom. The van der Waals surface area contributed by atoms with Gasteiger partial charge in [0.15, 0.2) is 0 Å². The van der Waals surface area contributed by atoms with Crippen LogP contribution in [-0.4, -0.2) is 24.6 Å². The van der Waals surface area contributed by atoms with Crippen LogP contribution in [-0.2, 0) is 9.59 Å². The molecule has 0 heterocycles. The SMILES string of the molecule is C=CCOc1ccc(Cl)cc1/C=N\NC(=O)C(=O)Nc1ccccc1C. The average molecular weight is 372 g/mol. The summed E-state index contributed by atoms with van der Waals surface area (Å²) in [5, 5.41) is 6.80. The molecule has 0 bridgehead atoms. The van der Waals surface area contributed by atoms with Gasteiger partial charge in [0.05, 0.1) is 6.21 Å². The highest BCUT2D eigenvalue weighted by atomic mass is 35.5. The number of rotatable bonds is 6. The summed E-state index contributed by atoms with van der Waals surface area (Å²) in [4.78, 5) is 23.8. The number of anilines is 1. The molecule has 0 aliphatic heterocycles. The third kappa shape index (κ3) is 5.46. The number of nitrogens with one attached hydrogen (secondary N) is 2. The summed E-state index contributed by atoms with van der Waals surface area (Å²) in [7, 11) is 0. The number of para-hydroxylation sites is 1. The van der Waals surface area contributed by atoms with Crippen LogP contribution in [0.1, 0.15) is 11.1 Å². The van der Waals surface area contributed by atoms with Gasteiger partial charge in [-0.05, 0) is 36.8 Å². The van der Waals surface area contributed by atoms with Crippen molar-refractivity contribution >= 4 is 35.3 Å². The minimum absolute atomic E-state index is 0.313. The van der Waals surface area contributed by atoms with E-state index in [0.29, 0.717) is 28.6 Å². The summed E-state index contributed by atoms with van der Waals surface area (Å²) in [5.74, 6) is -1.18. The van der Waals surface area contributed by atoms with Crippen LogP contribution in [0.25, 0.3) is 0 Å². The second-order valence-corrected chi connectivity index (χ2v) is 5.69. The molecule has 2 rings (SSSR count). The van der Waals surface area contributed by atoms with Crippen molar-refractivity contribution in [2.75, 3.05) is 11.9 Å². The zero-order valence-electron chi connectivity index (χ0n) is 14.2. The third-order valence-electron chi connectivity index (χ3n) is 3.30. The molecule has 6 nitrogen and oxygen atoms in total. The van der Waals surface area contributed by atoms with Gasteiger partial charge in [-0.3, -0.25) is 9.59 Å². The van der Waals surface area contributed by atoms with Gasteiger partial charge in [0.1, 0.15) is 12.4 Å². The van der Waals surface area contributed by atoms with Gasteiger partial charge in [0.2, 0.25) is 0 Å². The van der Waals surface area contributed by atoms with Crippen LogP contribution >= 0.6 is 11.6 Å². The van der Waals surface area contributed by atoms with Gasteiger partial charge in [-0.1, -0.05) is 42.5 Å². The van der Waals surface area contributed by atoms with Crippen molar-refractivity contribution in [2.45, 2.75) is 6.92 Å². The molecular weight excluding hydrogens is 354 g/mol. The number of hydrogen-bond acceptors (Lipinski definition) is 4. The number of hydrogen-bond donors (Lipinski definition) is 2. The smallest absolute Gasteiger partial charge is 0.329 e. The molecule has 0 aromatic heterocycles. The first-order valence-corrected chi connectivity index (χ1v) is 8.12. The molecule has 0 aliphatic carbocycles. The van der Waals surface area contributed by atoms with E-state index in [1.807, 2.05) is 19.1 Å². The number of benzene rings is 2. The molecule has 0 unspecified atom stereocenters. The minimum Gasteiger partial charge on any atom is -0.489 e. The van der Waals surface area contributed by atoms with E-state index >= 15 is 0 Å². The third-order valence-corrected chi connectivity index (χ3v) is 3.53. The number of amides is 2. The van der Waals surface area contributed by atoms with Crippen molar-refractivity contribution in [2.24, 2.45) is 5.10 Å². The van der Waals surface area contributed by atoms with Gasteiger partial charge in [-0.15, -0.1) is 0 Å². The van der Waals surface area contributed by atoms with Crippen molar-refractivity contribution in [3.63, 3.8) is 0 Å². The van der Waals surface area contributed by atoms with E-state index in [0.717, 1.165) is 5.56 Å². The Kier molecular flexibility index (Phi) is 6.93.